The maximum absolute atomic E-state index is 11.6. The normalized spacial score (nSPS) is 11.4. The number of rotatable bonds is 2. The number of fused-ring (bicyclic) bond motifs is 1. The molecule has 2 aromatic heterocycles. The molecule has 0 aliphatic rings. The number of aromatic nitrogens is 4. The van der Waals surface area contributed by atoms with Crippen molar-refractivity contribution in [1.82, 2.24) is 19.5 Å². The minimum absolute atomic E-state index is 0.163. The number of hydrogen-bond acceptors (Lipinski definition) is 5. The second kappa shape index (κ2) is 4.57. The van der Waals surface area contributed by atoms with Crippen molar-refractivity contribution in [2.45, 2.75) is 0 Å². The molecule has 3 rings (SSSR count). The molecule has 0 unspecified atom stereocenters. The molecule has 0 saturated carbocycles. The highest BCUT2D eigenvalue weighted by Gasteiger charge is 2.10. The van der Waals surface area contributed by atoms with E-state index in [0.717, 1.165) is 0 Å². The van der Waals surface area contributed by atoms with E-state index in [1.165, 1.54) is 11.6 Å². The van der Waals surface area contributed by atoms with E-state index in [1.54, 1.807) is 12.1 Å². The van der Waals surface area contributed by atoms with Crippen molar-refractivity contribution in [1.29, 1.82) is 0 Å². The number of nitrogens with zero attached hydrogens (tertiary/aromatic N) is 4. The summed E-state index contributed by atoms with van der Waals surface area (Å²) < 4.78 is 1.23. The molecular weight excluding hydrogens is 260 g/mol. The Bertz CT molecular complexity index is 903. The van der Waals surface area contributed by atoms with Crippen LogP contribution < -0.4 is 11.2 Å². The van der Waals surface area contributed by atoms with Crippen LogP contribution in [0.4, 0.5) is 11.6 Å². The van der Waals surface area contributed by atoms with E-state index < -0.39 is 11.2 Å². The van der Waals surface area contributed by atoms with Crippen LogP contribution in [0.15, 0.2) is 50.1 Å². The summed E-state index contributed by atoms with van der Waals surface area (Å²) >= 11 is 0. The summed E-state index contributed by atoms with van der Waals surface area (Å²) in [4.78, 5) is 32.0. The zero-order valence-electron chi connectivity index (χ0n) is 10.5. The van der Waals surface area contributed by atoms with Gasteiger partial charge in [0, 0.05) is 7.05 Å². The van der Waals surface area contributed by atoms with E-state index in [4.69, 9.17) is 0 Å². The van der Waals surface area contributed by atoms with Crippen LogP contribution in [-0.4, -0.2) is 19.5 Å². The molecule has 3 aromatic rings. The van der Waals surface area contributed by atoms with Gasteiger partial charge in [0.05, 0.1) is 5.69 Å². The highest BCUT2D eigenvalue weighted by atomic mass is 16.2. The quantitative estimate of drug-likeness (QED) is 0.686. The van der Waals surface area contributed by atoms with Gasteiger partial charge in [-0.15, -0.1) is 10.2 Å². The summed E-state index contributed by atoms with van der Waals surface area (Å²) in [5, 5.41) is 7.90. The van der Waals surface area contributed by atoms with E-state index in [0.29, 0.717) is 5.69 Å². The number of aryl methyl sites for hydroxylation is 1. The van der Waals surface area contributed by atoms with Crippen molar-refractivity contribution >= 4 is 22.8 Å². The maximum Gasteiger partial charge on any atom is 0.329 e. The Balaban J connectivity index is 2.09. The number of imidazole rings is 1. The van der Waals surface area contributed by atoms with Crippen LogP contribution in [0, 0.1) is 0 Å². The van der Waals surface area contributed by atoms with Gasteiger partial charge in [-0.05, 0) is 12.1 Å². The molecule has 0 amide bonds. The van der Waals surface area contributed by atoms with E-state index in [2.05, 4.69) is 25.2 Å². The van der Waals surface area contributed by atoms with Gasteiger partial charge in [-0.1, -0.05) is 18.2 Å². The zero-order chi connectivity index (χ0) is 14.1. The van der Waals surface area contributed by atoms with E-state index in [1.807, 2.05) is 18.2 Å². The van der Waals surface area contributed by atoms with Crippen molar-refractivity contribution in [3.63, 3.8) is 0 Å². The number of benzene rings is 1. The van der Waals surface area contributed by atoms with Crippen molar-refractivity contribution in [2.24, 2.45) is 17.3 Å². The summed E-state index contributed by atoms with van der Waals surface area (Å²) in [6.07, 6.45) is 0. The zero-order valence-corrected chi connectivity index (χ0v) is 10.5. The highest BCUT2D eigenvalue weighted by molar-refractivity contribution is 5.71. The molecule has 0 spiro atoms. The molecule has 0 radical (unpaired) electrons. The van der Waals surface area contributed by atoms with Gasteiger partial charge in [0.1, 0.15) is 0 Å². The molecule has 1 aromatic carbocycles. The number of aromatic amines is 2. The van der Waals surface area contributed by atoms with Gasteiger partial charge in [-0.3, -0.25) is 14.3 Å². The van der Waals surface area contributed by atoms with Crippen LogP contribution in [0.3, 0.4) is 0 Å². The number of H-pyrrole nitrogens is 2. The molecule has 2 N–H and O–H groups in total. The minimum atomic E-state index is -0.531. The van der Waals surface area contributed by atoms with E-state index in [9.17, 15) is 9.59 Å². The van der Waals surface area contributed by atoms with E-state index in [-0.39, 0.29) is 17.1 Å². The molecule has 0 aliphatic carbocycles. The van der Waals surface area contributed by atoms with Gasteiger partial charge in [0.25, 0.3) is 5.56 Å². The largest absolute Gasteiger partial charge is 0.329 e. The fraction of sp³-hybridized carbons (Fsp3) is 0.0833. The molecule has 0 bridgehead atoms. The Hall–Kier alpha value is -3.03. The first-order valence-corrected chi connectivity index (χ1v) is 5.81. The third-order valence-corrected chi connectivity index (χ3v) is 2.76. The Morgan fingerprint density at radius 1 is 1.10 bits per heavy atom. The molecule has 100 valence electrons. The molecule has 8 heteroatoms. The lowest BCUT2D eigenvalue weighted by atomic mass is 10.3. The number of nitrogens with one attached hydrogen (secondary N) is 2. The number of azo groups is 1. The van der Waals surface area contributed by atoms with Crippen molar-refractivity contribution in [2.75, 3.05) is 0 Å². The van der Waals surface area contributed by atoms with Gasteiger partial charge in [0.15, 0.2) is 11.2 Å². The topological polar surface area (TPSA) is 108 Å². The monoisotopic (exact) mass is 270 g/mol. The lowest BCUT2D eigenvalue weighted by Crippen LogP contribution is -2.28. The molecule has 0 atom stereocenters. The summed E-state index contributed by atoms with van der Waals surface area (Å²) in [5.41, 5.74) is 0.0305. The van der Waals surface area contributed by atoms with Gasteiger partial charge < -0.3 is 4.98 Å². The smallest absolute Gasteiger partial charge is 0.315 e. The lowest BCUT2D eigenvalue weighted by molar-refractivity contribution is 0.832. The standard InChI is InChI=1S/C12H10N6O2/c1-18-9-8(10(19)15-12(18)20)13-11(14-9)17-16-7-5-3-2-4-6-7/h2-6H,1H3,(H,13,14)(H,15,19,20). The second-order valence-electron chi connectivity index (χ2n) is 4.11. The van der Waals surface area contributed by atoms with Crippen LogP contribution in [0.5, 0.6) is 0 Å². The molecular formula is C12H10N6O2. The van der Waals surface area contributed by atoms with E-state index >= 15 is 0 Å². The first-order valence-electron chi connectivity index (χ1n) is 5.81. The van der Waals surface area contributed by atoms with Gasteiger partial charge >= 0.3 is 5.69 Å². The Morgan fingerprint density at radius 2 is 1.85 bits per heavy atom. The highest BCUT2D eigenvalue weighted by Crippen LogP contribution is 2.16. The van der Waals surface area contributed by atoms with Crippen molar-refractivity contribution < 1.29 is 0 Å². The summed E-state index contributed by atoms with van der Waals surface area (Å²) in [7, 11) is 1.51. The average molecular weight is 270 g/mol. The van der Waals surface area contributed by atoms with Gasteiger partial charge in [-0.25, -0.2) is 4.79 Å². The van der Waals surface area contributed by atoms with Crippen LogP contribution >= 0.6 is 0 Å². The molecule has 2 heterocycles. The Morgan fingerprint density at radius 3 is 2.60 bits per heavy atom. The van der Waals surface area contributed by atoms with Crippen LogP contribution in [0.2, 0.25) is 0 Å². The van der Waals surface area contributed by atoms with Crippen LogP contribution in [0.1, 0.15) is 0 Å². The predicted molar refractivity (Wildman–Crippen MR) is 72.6 cm³/mol. The third kappa shape index (κ3) is 2.03. The number of hydrogen-bond donors (Lipinski definition) is 2. The lowest BCUT2D eigenvalue weighted by Gasteiger charge is -1.94. The molecule has 0 saturated heterocycles. The Labute approximate surface area is 111 Å². The molecule has 0 fully saturated rings. The fourth-order valence-electron chi connectivity index (χ4n) is 1.74. The van der Waals surface area contributed by atoms with Crippen LogP contribution in [0.25, 0.3) is 11.2 Å². The summed E-state index contributed by atoms with van der Waals surface area (Å²) in [5.74, 6) is 0.163. The first-order chi connectivity index (χ1) is 9.65. The SMILES string of the molecule is Cn1c(=O)[nH]c(=O)c2[nH]c(N=Nc3ccccc3)nc21. The van der Waals surface area contributed by atoms with Crippen molar-refractivity contribution in [3.8, 4) is 0 Å². The second-order valence-corrected chi connectivity index (χ2v) is 4.11. The van der Waals surface area contributed by atoms with Crippen molar-refractivity contribution in [3.05, 3.63) is 51.2 Å². The van der Waals surface area contributed by atoms with Crippen LogP contribution in [-0.2, 0) is 7.05 Å². The minimum Gasteiger partial charge on any atom is -0.315 e. The first kappa shape index (κ1) is 12.0. The molecule has 8 nitrogen and oxygen atoms in total. The predicted octanol–water partition coefficient (Wildman–Crippen LogP) is 1.37. The Kier molecular flexibility index (Phi) is 2.75. The maximum atomic E-state index is 11.6. The molecule has 20 heavy (non-hydrogen) atoms. The third-order valence-electron chi connectivity index (χ3n) is 2.76. The fourth-order valence-corrected chi connectivity index (χ4v) is 1.74. The average Bonchev–Trinajstić information content (AvgIpc) is 2.89. The summed E-state index contributed by atoms with van der Waals surface area (Å²) in [6, 6.07) is 9.11. The van der Waals surface area contributed by atoms with Gasteiger partial charge in [0.2, 0.25) is 5.95 Å². The molecule has 0 aliphatic heterocycles. The van der Waals surface area contributed by atoms with Gasteiger partial charge in [-0.2, -0.15) is 4.98 Å². The summed E-state index contributed by atoms with van der Waals surface area (Å²) in [6.45, 7) is 0.